The van der Waals surface area contributed by atoms with Crippen LogP contribution >= 0.6 is 50.1 Å². The summed E-state index contributed by atoms with van der Waals surface area (Å²) in [7, 11) is 8.31. The lowest BCUT2D eigenvalue weighted by atomic mass is 10.00. The van der Waals surface area contributed by atoms with Gasteiger partial charge >= 0.3 is 35.8 Å². The van der Waals surface area contributed by atoms with E-state index in [4.69, 9.17) is 63.7 Å². The number of esters is 6. The molecule has 0 aliphatic rings. The van der Waals surface area contributed by atoms with Crippen LogP contribution in [-0.4, -0.2) is 78.5 Å². The van der Waals surface area contributed by atoms with Crippen molar-refractivity contribution in [2.24, 2.45) is 0 Å². The molecule has 0 aliphatic carbocycles. The Morgan fingerprint density at radius 1 is 0.248 bits per heavy atom. The van der Waals surface area contributed by atoms with Gasteiger partial charge in [0.15, 0.2) is 0 Å². The number of carbonyl (C=O) groups excluding carboxylic acids is 6. The number of carbonyl (C=O) groups is 6. The molecule has 0 saturated carbocycles. The fraction of sp³-hybridized carbons (Fsp3) is 0.322. The number of aryl methyl sites for hydroxylation is 19. The molecule has 0 aromatic heterocycles. The molecule has 0 radical (unpaired) electrons. The normalized spacial score (nSPS) is 10.5. The summed E-state index contributed by atoms with van der Waals surface area (Å²) in [6, 6.07) is 60.5. The first-order valence-corrected chi connectivity index (χ1v) is 47.2. The number of hydrogen-bond acceptors (Lipinski definition) is 18. The van der Waals surface area contributed by atoms with Crippen LogP contribution in [0.1, 0.15) is 172 Å². The van der Waals surface area contributed by atoms with Crippen molar-refractivity contribution >= 4 is 85.9 Å². The Hall–Kier alpha value is -12.3. The lowest BCUT2D eigenvalue weighted by molar-refractivity contribution is -0.140. The van der Waals surface area contributed by atoms with Gasteiger partial charge in [-0.3, -0.25) is 28.8 Å². The molecule has 22 heteroatoms. The van der Waals surface area contributed by atoms with E-state index in [1.54, 1.807) is 18.2 Å². The van der Waals surface area contributed by atoms with Crippen molar-refractivity contribution in [2.75, 3.05) is 42.7 Å². The molecule has 0 fully saturated rings. The van der Waals surface area contributed by atoms with E-state index in [0.29, 0.717) is 49.2 Å². The van der Waals surface area contributed by atoms with Gasteiger partial charge in [0.1, 0.15) is 80.0 Å². The smallest absolute Gasteiger partial charge is 0.309 e. The third-order valence-corrected chi connectivity index (χ3v) is 26.0. The average molecular weight is 2060 g/mol. The molecule has 0 amide bonds. The monoisotopic (exact) mass is 2060 g/mol. The predicted molar refractivity (Wildman–Crippen MR) is 553 cm³/mol. The lowest BCUT2D eigenvalue weighted by Gasteiger charge is -2.15. The summed E-state index contributed by atoms with van der Waals surface area (Å²) in [5, 5.41) is 0.591. The molecular weight excluding hydrogens is 1930 g/mol. The van der Waals surface area contributed by atoms with Crippen LogP contribution in [0.5, 0.6) is 34.5 Å². The number of ether oxygens (including phenoxy) is 12. The largest absolute Gasteiger partial charge is 0.489 e. The summed E-state index contributed by atoms with van der Waals surface area (Å²) in [6.07, 6.45) is 1.24. The highest BCUT2D eigenvalue weighted by Gasteiger charge is 2.21. The average Bonchev–Trinajstić information content (AvgIpc) is 0.837. The lowest BCUT2D eigenvalue weighted by Crippen LogP contribution is -2.10. The van der Waals surface area contributed by atoms with Crippen LogP contribution in [0.2, 0.25) is 5.02 Å². The van der Waals surface area contributed by atoms with Crippen molar-refractivity contribution in [3.8, 4) is 34.5 Å². The highest BCUT2D eigenvalue weighted by atomic mass is 127. The highest BCUT2D eigenvalue weighted by molar-refractivity contribution is 14.1. The quantitative estimate of drug-likeness (QED) is 0.0232. The Balaban J connectivity index is 0.000000224. The van der Waals surface area contributed by atoms with Crippen LogP contribution in [0, 0.1) is 141 Å². The zero-order valence-electron chi connectivity index (χ0n) is 83.7. The van der Waals surface area contributed by atoms with E-state index in [-0.39, 0.29) is 80.8 Å². The third kappa shape index (κ3) is 34.4. The molecule has 726 valence electrons. The summed E-state index contributed by atoms with van der Waals surface area (Å²) in [4.78, 5) is 69.3. The summed E-state index contributed by atoms with van der Waals surface area (Å²) >= 11 is 12.1. The molecule has 0 spiro atoms. The number of halogens is 4. The van der Waals surface area contributed by atoms with E-state index < -0.39 is 5.97 Å². The van der Waals surface area contributed by atoms with Gasteiger partial charge < -0.3 is 56.8 Å². The Morgan fingerprint density at radius 2 is 0.482 bits per heavy atom. The number of benzene rings is 12. The van der Waals surface area contributed by atoms with Crippen LogP contribution < -0.4 is 28.4 Å². The van der Waals surface area contributed by atoms with E-state index in [1.165, 1.54) is 110 Å². The molecule has 0 heterocycles. The van der Waals surface area contributed by atoms with Gasteiger partial charge in [-0.2, -0.15) is 0 Å². The molecule has 0 N–H and O–H groups in total. The van der Waals surface area contributed by atoms with Gasteiger partial charge in [-0.1, -0.05) is 155 Å². The summed E-state index contributed by atoms with van der Waals surface area (Å²) in [5.74, 6) is 3.03. The minimum Gasteiger partial charge on any atom is -0.489 e. The Morgan fingerprint density at radius 3 is 0.832 bits per heavy atom. The molecule has 0 unspecified atom stereocenters. The van der Waals surface area contributed by atoms with Crippen molar-refractivity contribution in [2.45, 2.75) is 210 Å². The Bertz CT molecular complexity index is 5490. The van der Waals surface area contributed by atoms with E-state index in [2.05, 4.69) is 174 Å². The second-order valence-corrected chi connectivity index (χ2v) is 36.4. The second kappa shape index (κ2) is 55.2. The molecular formula is C115H130BrClFIO18. The van der Waals surface area contributed by atoms with Crippen molar-refractivity contribution < 1.29 is 90.0 Å². The molecule has 18 nitrogen and oxygen atoms in total. The minimum atomic E-state index is -0.404. The van der Waals surface area contributed by atoms with Gasteiger partial charge in [0.25, 0.3) is 0 Å². The minimum absolute atomic E-state index is 0.0266. The van der Waals surface area contributed by atoms with Crippen LogP contribution in [-0.2, 0) is 135 Å². The van der Waals surface area contributed by atoms with Crippen LogP contribution in [0.25, 0.3) is 0 Å². The van der Waals surface area contributed by atoms with E-state index in [0.717, 1.165) is 143 Å². The molecule has 12 aromatic carbocycles. The van der Waals surface area contributed by atoms with Gasteiger partial charge in [-0.05, 0) is 365 Å². The second-order valence-electron chi connectivity index (χ2n) is 34.0. The van der Waals surface area contributed by atoms with Gasteiger partial charge in [-0.25, -0.2) is 4.39 Å². The number of methoxy groups -OCH3 is 6. The van der Waals surface area contributed by atoms with E-state index in [9.17, 15) is 33.2 Å². The van der Waals surface area contributed by atoms with Crippen molar-refractivity contribution in [3.63, 3.8) is 0 Å². The number of hydrogen-bond donors (Lipinski definition) is 0. The molecule has 12 aromatic rings. The predicted octanol–water partition coefficient (Wildman–Crippen LogP) is 25.9. The molecule has 0 saturated heterocycles. The maximum Gasteiger partial charge on any atom is 0.309 e. The van der Waals surface area contributed by atoms with Gasteiger partial charge in [0.2, 0.25) is 0 Å². The van der Waals surface area contributed by atoms with Crippen molar-refractivity contribution in [3.05, 3.63) is 379 Å². The molecule has 0 atom stereocenters. The Kier molecular flexibility index (Phi) is 45.0. The van der Waals surface area contributed by atoms with Crippen molar-refractivity contribution in [1.29, 1.82) is 0 Å². The third-order valence-electron chi connectivity index (χ3n) is 23.9. The van der Waals surface area contributed by atoms with Crippen LogP contribution in [0.3, 0.4) is 0 Å². The maximum absolute atomic E-state index is 14.1. The summed E-state index contributed by atoms with van der Waals surface area (Å²) in [6.45, 7) is 41.2. The first-order valence-electron chi connectivity index (χ1n) is 45.0. The van der Waals surface area contributed by atoms with Gasteiger partial charge in [-0.15, -0.1) is 0 Å². The number of rotatable bonds is 30. The topological polar surface area (TPSA) is 213 Å². The van der Waals surface area contributed by atoms with Crippen molar-refractivity contribution in [1.82, 2.24) is 0 Å². The van der Waals surface area contributed by atoms with E-state index in [1.807, 2.05) is 165 Å². The fourth-order valence-electron chi connectivity index (χ4n) is 14.5. The molecule has 0 aliphatic heterocycles. The molecule has 137 heavy (non-hydrogen) atoms. The highest BCUT2D eigenvalue weighted by Crippen LogP contribution is 2.34. The van der Waals surface area contributed by atoms with E-state index >= 15 is 0 Å². The summed E-state index contributed by atoms with van der Waals surface area (Å²) < 4.78 is 80.4. The summed E-state index contributed by atoms with van der Waals surface area (Å²) in [5.41, 5.74) is 32.7. The SMILES string of the molecule is COC(=O)Cc1cccc(Br)c1COc1cc(C)c(C)cc1C.COC(=O)Cc1cccc(C)c1COc1cc(C)c(C)cc1C.COC(=O)Cc1cccc(Cl)c1COc1cc(C)c(C)cc1C.COC(=O)Cc1cccc(F)c1COc1cc(C)c(C)cc1C.COC(=O)Cc1cccc(I)c1COc1cc(C)c(C)cc1C.COC(=O)Cc1ccccc1COc1cc(C)c(C)cc1C. The molecule has 12 rings (SSSR count). The van der Waals surface area contributed by atoms with Crippen LogP contribution in [0.4, 0.5) is 4.39 Å². The maximum atomic E-state index is 14.1. The fourth-order valence-corrected chi connectivity index (χ4v) is 16.0. The zero-order chi connectivity index (χ0) is 101. The Labute approximate surface area is 836 Å². The molecule has 0 bridgehead atoms. The first kappa shape index (κ1) is 112. The first-order chi connectivity index (χ1) is 65.1. The van der Waals surface area contributed by atoms with Gasteiger partial charge in [0.05, 0.1) is 81.2 Å². The van der Waals surface area contributed by atoms with Gasteiger partial charge in [0, 0.05) is 35.3 Å². The standard InChI is InChI=1S/C20H24O3.C19H21BrO3.C19H21ClO3.C19H21FO3.C19H21IO3.C19H22O3/c1-13-7-6-8-17(11-20(21)22-5)18(13)12-23-19-10-15(3)14(2)9-16(19)4;4*1-12-8-14(3)18(9-13(12)2)23-11-16-15(10-19(21)22-4)6-5-7-17(16)20;1-13-9-15(3)18(10-14(13)2)22-12-17-8-6-5-7-16(17)11-19(20)21-4/h6-10H,11-12H2,1-5H3;4*5-9H,10-11H2,1-4H3;5-10H,11-12H2,1-4H3. The zero-order valence-corrected chi connectivity index (χ0v) is 88.2. The van der Waals surface area contributed by atoms with Crippen LogP contribution in [0.15, 0.2) is 193 Å².